The predicted octanol–water partition coefficient (Wildman–Crippen LogP) is 2.42. The molecule has 1 N–H and O–H groups in total. The maximum atomic E-state index is 12.2. The molecule has 2 aromatic carbocycles. The largest absolute Gasteiger partial charge is 0.857 e. The molecule has 0 unspecified atom stereocenters. The SMILES string of the molecule is O=S(=O)(Nc1ccc(C([O-])=N/N=C\c2ccc3c(c2)OCO3)cc1)c1cccs1. The van der Waals surface area contributed by atoms with Gasteiger partial charge in [-0.2, -0.15) is 10.2 Å². The summed E-state index contributed by atoms with van der Waals surface area (Å²) >= 11 is 1.12. The van der Waals surface area contributed by atoms with Gasteiger partial charge in [0.05, 0.1) is 6.21 Å². The zero-order valence-electron chi connectivity index (χ0n) is 14.8. The van der Waals surface area contributed by atoms with Gasteiger partial charge in [-0.25, -0.2) is 8.42 Å². The van der Waals surface area contributed by atoms with Crippen molar-refractivity contribution in [1.29, 1.82) is 0 Å². The average molecular weight is 428 g/mol. The van der Waals surface area contributed by atoms with Crippen LogP contribution in [0, 0.1) is 0 Å². The Balaban J connectivity index is 1.43. The number of anilines is 1. The Kier molecular flexibility index (Phi) is 5.19. The normalized spacial score (nSPS) is 13.7. The van der Waals surface area contributed by atoms with Crippen molar-refractivity contribution in [3.63, 3.8) is 0 Å². The van der Waals surface area contributed by atoms with Crippen molar-refractivity contribution in [1.82, 2.24) is 0 Å². The van der Waals surface area contributed by atoms with Gasteiger partial charge in [0.1, 0.15) is 4.21 Å². The van der Waals surface area contributed by atoms with Crippen molar-refractivity contribution in [3.05, 3.63) is 71.1 Å². The summed E-state index contributed by atoms with van der Waals surface area (Å²) in [6.45, 7) is 0.179. The maximum Gasteiger partial charge on any atom is 0.271 e. The Bertz CT molecular complexity index is 1170. The summed E-state index contributed by atoms with van der Waals surface area (Å²) in [5, 5.41) is 21.3. The molecule has 3 aromatic rings. The molecule has 0 saturated carbocycles. The minimum atomic E-state index is -3.63. The van der Waals surface area contributed by atoms with Gasteiger partial charge in [-0.1, -0.05) is 18.2 Å². The molecule has 1 aliphatic heterocycles. The number of hydrogen-bond acceptors (Lipinski definition) is 8. The van der Waals surface area contributed by atoms with Crippen LogP contribution in [0.2, 0.25) is 0 Å². The van der Waals surface area contributed by atoms with E-state index >= 15 is 0 Å². The molecule has 29 heavy (non-hydrogen) atoms. The zero-order valence-corrected chi connectivity index (χ0v) is 16.4. The van der Waals surface area contributed by atoms with E-state index in [-0.39, 0.29) is 16.6 Å². The second kappa shape index (κ2) is 7.94. The highest BCUT2D eigenvalue weighted by atomic mass is 32.2. The van der Waals surface area contributed by atoms with Crippen LogP contribution in [0.15, 0.2) is 74.4 Å². The summed E-state index contributed by atoms with van der Waals surface area (Å²) in [6, 6.07) is 14.4. The fourth-order valence-electron chi connectivity index (χ4n) is 2.50. The third kappa shape index (κ3) is 4.39. The number of thiophene rings is 1. The van der Waals surface area contributed by atoms with E-state index in [1.165, 1.54) is 36.5 Å². The second-order valence-corrected chi connectivity index (χ2v) is 8.73. The lowest BCUT2D eigenvalue weighted by Crippen LogP contribution is -2.18. The van der Waals surface area contributed by atoms with E-state index in [2.05, 4.69) is 14.9 Å². The van der Waals surface area contributed by atoms with Gasteiger partial charge in [-0.15, -0.1) is 11.3 Å². The van der Waals surface area contributed by atoms with Crippen LogP contribution in [-0.2, 0) is 10.0 Å². The van der Waals surface area contributed by atoms with Gasteiger partial charge in [-0.3, -0.25) is 4.72 Å². The Hall–Kier alpha value is -3.37. The van der Waals surface area contributed by atoms with Crippen LogP contribution >= 0.6 is 11.3 Å². The fourth-order valence-corrected chi connectivity index (χ4v) is 4.55. The third-order valence-corrected chi connectivity index (χ3v) is 6.67. The molecule has 0 bridgehead atoms. The number of nitrogens with zero attached hydrogens (tertiary/aromatic N) is 2. The molecule has 0 spiro atoms. The van der Waals surface area contributed by atoms with E-state index in [1.807, 2.05) is 0 Å². The van der Waals surface area contributed by atoms with E-state index < -0.39 is 15.9 Å². The molecule has 0 aliphatic carbocycles. The van der Waals surface area contributed by atoms with E-state index in [0.29, 0.717) is 22.7 Å². The van der Waals surface area contributed by atoms with Crippen LogP contribution in [0.4, 0.5) is 5.69 Å². The minimum Gasteiger partial charge on any atom is -0.857 e. The van der Waals surface area contributed by atoms with Crippen LogP contribution in [0.3, 0.4) is 0 Å². The Morgan fingerprint density at radius 1 is 1.10 bits per heavy atom. The lowest BCUT2D eigenvalue weighted by molar-refractivity contribution is -0.213. The molecule has 1 aliphatic rings. The Morgan fingerprint density at radius 2 is 1.90 bits per heavy atom. The Morgan fingerprint density at radius 3 is 2.66 bits per heavy atom. The van der Waals surface area contributed by atoms with Crippen LogP contribution in [0.5, 0.6) is 11.5 Å². The summed E-state index contributed by atoms with van der Waals surface area (Å²) in [5.41, 5.74) is 1.34. The molecule has 8 nitrogen and oxygen atoms in total. The van der Waals surface area contributed by atoms with Crippen molar-refractivity contribution >= 4 is 39.2 Å². The number of ether oxygens (including phenoxy) is 2. The fraction of sp³-hybridized carbons (Fsp3) is 0.0526. The molecule has 148 valence electrons. The first-order valence-corrected chi connectivity index (χ1v) is 10.7. The molecule has 0 radical (unpaired) electrons. The maximum absolute atomic E-state index is 12.2. The molecule has 4 rings (SSSR count). The quantitative estimate of drug-likeness (QED) is 0.368. The lowest BCUT2D eigenvalue weighted by atomic mass is 10.2. The monoisotopic (exact) mass is 428 g/mol. The molecule has 1 aromatic heterocycles. The number of sulfonamides is 1. The minimum absolute atomic E-state index is 0.179. The topological polar surface area (TPSA) is 112 Å². The van der Waals surface area contributed by atoms with Crippen molar-refractivity contribution < 1.29 is 23.0 Å². The highest BCUT2D eigenvalue weighted by Crippen LogP contribution is 2.32. The number of fused-ring (bicyclic) bond motifs is 1. The van der Waals surface area contributed by atoms with Gasteiger partial charge in [0.2, 0.25) is 6.79 Å². The molecule has 2 heterocycles. The first-order valence-electron chi connectivity index (χ1n) is 8.36. The number of nitrogens with one attached hydrogen (secondary N) is 1. The third-order valence-electron chi connectivity index (χ3n) is 3.90. The second-order valence-electron chi connectivity index (χ2n) is 5.88. The Labute approximate surface area is 170 Å². The zero-order chi connectivity index (χ0) is 20.3. The first kappa shape index (κ1) is 19.0. The van der Waals surface area contributed by atoms with Gasteiger partial charge in [0.15, 0.2) is 11.5 Å². The molecule has 0 fully saturated rings. The van der Waals surface area contributed by atoms with E-state index in [0.717, 1.165) is 11.3 Å². The summed E-state index contributed by atoms with van der Waals surface area (Å²) < 4.78 is 37.6. The number of rotatable bonds is 6. The van der Waals surface area contributed by atoms with Crippen molar-refractivity contribution in [2.24, 2.45) is 10.2 Å². The van der Waals surface area contributed by atoms with Gasteiger partial charge in [0.25, 0.3) is 10.0 Å². The van der Waals surface area contributed by atoms with E-state index in [4.69, 9.17) is 9.47 Å². The molecule has 0 amide bonds. The van der Waals surface area contributed by atoms with Gasteiger partial charge in [-0.05, 0) is 52.9 Å². The number of benzene rings is 2. The summed E-state index contributed by atoms with van der Waals surface area (Å²) in [6.07, 6.45) is 1.43. The van der Waals surface area contributed by atoms with Crippen molar-refractivity contribution in [2.75, 3.05) is 11.5 Å². The summed E-state index contributed by atoms with van der Waals surface area (Å²) in [4.78, 5) is 0. The molecular weight excluding hydrogens is 414 g/mol. The average Bonchev–Trinajstić information content (AvgIpc) is 3.40. The van der Waals surface area contributed by atoms with Crippen LogP contribution in [0.1, 0.15) is 11.1 Å². The van der Waals surface area contributed by atoms with Crippen LogP contribution in [-0.4, -0.2) is 27.3 Å². The molecule has 0 atom stereocenters. The van der Waals surface area contributed by atoms with E-state index in [9.17, 15) is 13.5 Å². The number of hydrogen-bond donors (Lipinski definition) is 1. The summed E-state index contributed by atoms with van der Waals surface area (Å²) in [5.74, 6) is 0.723. The van der Waals surface area contributed by atoms with Crippen LogP contribution in [0.25, 0.3) is 0 Å². The van der Waals surface area contributed by atoms with Gasteiger partial charge >= 0.3 is 0 Å². The smallest absolute Gasteiger partial charge is 0.271 e. The summed E-state index contributed by atoms with van der Waals surface area (Å²) in [7, 11) is -3.63. The molecule has 0 saturated heterocycles. The van der Waals surface area contributed by atoms with Crippen molar-refractivity contribution in [3.8, 4) is 11.5 Å². The first-order chi connectivity index (χ1) is 14.0. The highest BCUT2D eigenvalue weighted by molar-refractivity contribution is 7.94. The van der Waals surface area contributed by atoms with Gasteiger partial charge < -0.3 is 14.6 Å². The van der Waals surface area contributed by atoms with Gasteiger partial charge in [0, 0.05) is 11.6 Å². The van der Waals surface area contributed by atoms with Crippen molar-refractivity contribution in [2.45, 2.75) is 4.21 Å². The predicted molar refractivity (Wildman–Crippen MR) is 108 cm³/mol. The standard InChI is InChI=1S/C19H15N3O5S2/c23-19(21-20-11-13-3-8-16-17(10-13)27-12-26-16)14-4-6-15(7-5-14)22-29(24,25)18-2-1-9-28-18/h1-11,22H,12H2,(H,21,23)/p-1/b20-11-. The van der Waals surface area contributed by atoms with E-state index in [1.54, 1.807) is 29.6 Å². The molecule has 10 heteroatoms. The lowest BCUT2D eigenvalue weighted by Gasteiger charge is -2.10. The highest BCUT2D eigenvalue weighted by Gasteiger charge is 2.15. The van der Waals surface area contributed by atoms with Crippen LogP contribution < -0.4 is 19.3 Å². The molecular formula is C19H14N3O5S2-.